The van der Waals surface area contributed by atoms with E-state index in [1.54, 1.807) is 6.33 Å². The lowest BCUT2D eigenvalue weighted by Crippen LogP contribution is -2.02. The molecule has 1 heterocycles. The Morgan fingerprint density at radius 2 is 1.79 bits per heavy atom. The van der Waals surface area contributed by atoms with E-state index in [1.807, 2.05) is 6.07 Å². The first-order valence-corrected chi connectivity index (χ1v) is 5.43. The molecule has 0 amide bonds. The average molecular weight is 191 g/mol. The summed E-state index contributed by atoms with van der Waals surface area (Å²) in [5, 5.41) is 0. The highest BCUT2D eigenvalue weighted by atomic mass is 14.9. The summed E-state index contributed by atoms with van der Waals surface area (Å²) in [5.74, 6) is 1.21. The summed E-state index contributed by atoms with van der Waals surface area (Å²) in [4.78, 5) is 8.24. The van der Waals surface area contributed by atoms with Gasteiger partial charge in [-0.2, -0.15) is 0 Å². The van der Waals surface area contributed by atoms with E-state index in [1.165, 1.54) is 38.5 Å². The lowest BCUT2D eigenvalue weighted by molar-refractivity contribution is 0.576. The maximum atomic E-state index is 5.65. The van der Waals surface area contributed by atoms with E-state index in [2.05, 4.69) is 9.97 Å². The van der Waals surface area contributed by atoms with Gasteiger partial charge < -0.3 is 5.73 Å². The number of anilines is 1. The Morgan fingerprint density at radius 3 is 2.43 bits per heavy atom. The van der Waals surface area contributed by atoms with Gasteiger partial charge in [0.25, 0.3) is 0 Å². The van der Waals surface area contributed by atoms with E-state index < -0.39 is 0 Å². The highest BCUT2D eigenvalue weighted by Gasteiger charge is 2.15. The molecule has 3 nitrogen and oxygen atoms in total. The Balaban J connectivity index is 2.12. The number of hydrogen-bond donors (Lipinski definition) is 1. The first-order valence-electron chi connectivity index (χ1n) is 5.43. The van der Waals surface area contributed by atoms with Crippen LogP contribution < -0.4 is 5.73 Å². The molecule has 0 bridgehead atoms. The molecule has 3 heteroatoms. The molecule has 0 radical (unpaired) electrons. The van der Waals surface area contributed by atoms with Crippen molar-refractivity contribution in [3.8, 4) is 0 Å². The Bertz CT molecular complexity index is 290. The summed E-state index contributed by atoms with van der Waals surface area (Å²) in [6.07, 6.45) is 9.50. The minimum Gasteiger partial charge on any atom is -0.384 e. The van der Waals surface area contributed by atoms with Crippen LogP contribution in [0.2, 0.25) is 0 Å². The Morgan fingerprint density at radius 1 is 1.07 bits per heavy atom. The molecule has 0 atom stereocenters. The average Bonchev–Trinajstić information content (AvgIpc) is 2.45. The van der Waals surface area contributed by atoms with Crippen molar-refractivity contribution in [2.45, 2.75) is 44.4 Å². The number of hydrogen-bond acceptors (Lipinski definition) is 3. The Hall–Kier alpha value is -1.12. The van der Waals surface area contributed by atoms with Gasteiger partial charge in [-0.25, -0.2) is 9.97 Å². The van der Waals surface area contributed by atoms with Gasteiger partial charge in [0.2, 0.25) is 0 Å². The summed E-state index contributed by atoms with van der Waals surface area (Å²) in [7, 11) is 0. The molecular weight excluding hydrogens is 174 g/mol. The highest BCUT2D eigenvalue weighted by molar-refractivity contribution is 5.29. The summed E-state index contributed by atoms with van der Waals surface area (Å²) >= 11 is 0. The van der Waals surface area contributed by atoms with Crippen molar-refractivity contribution in [3.63, 3.8) is 0 Å². The fourth-order valence-corrected chi connectivity index (χ4v) is 2.19. The van der Waals surface area contributed by atoms with Crippen LogP contribution in [0.1, 0.15) is 50.1 Å². The van der Waals surface area contributed by atoms with Crippen LogP contribution in [0.15, 0.2) is 12.4 Å². The maximum Gasteiger partial charge on any atom is 0.127 e. The van der Waals surface area contributed by atoms with Gasteiger partial charge in [0.1, 0.15) is 12.1 Å². The van der Waals surface area contributed by atoms with Gasteiger partial charge in [-0.3, -0.25) is 0 Å². The van der Waals surface area contributed by atoms with Gasteiger partial charge >= 0.3 is 0 Å². The van der Waals surface area contributed by atoms with E-state index in [4.69, 9.17) is 5.73 Å². The van der Waals surface area contributed by atoms with Gasteiger partial charge in [0.15, 0.2) is 0 Å². The van der Waals surface area contributed by atoms with Crippen molar-refractivity contribution >= 4 is 5.82 Å². The molecule has 1 aliphatic rings. The van der Waals surface area contributed by atoms with Crippen molar-refractivity contribution in [3.05, 3.63) is 18.1 Å². The van der Waals surface area contributed by atoms with Crippen LogP contribution in [0.4, 0.5) is 5.82 Å². The van der Waals surface area contributed by atoms with Crippen molar-refractivity contribution in [1.29, 1.82) is 0 Å². The molecule has 1 aromatic heterocycles. The number of rotatable bonds is 1. The molecule has 1 aromatic rings. The molecule has 14 heavy (non-hydrogen) atoms. The molecule has 1 fully saturated rings. The van der Waals surface area contributed by atoms with Gasteiger partial charge in [-0.15, -0.1) is 0 Å². The van der Waals surface area contributed by atoms with Crippen LogP contribution in [-0.2, 0) is 0 Å². The summed E-state index contributed by atoms with van der Waals surface area (Å²) < 4.78 is 0. The topological polar surface area (TPSA) is 51.8 Å². The van der Waals surface area contributed by atoms with Gasteiger partial charge in [0.05, 0.1) is 0 Å². The molecule has 0 spiro atoms. The molecule has 1 saturated carbocycles. The SMILES string of the molecule is Nc1cc(C2CCCCCC2)ncn1. The first kappa shape index (κ1) is 9.44. The monoisotopic (exact) mass is 191 g/mol. The predicted octanol–water partition coefficient (Wildman–Crippen LogP) is 2.50. The normalized spacial score (nSPS) is 19.1. The molecule has 1 aliphatic carbocycles. The first-order chi connectivity index (χ1) is 6.86. The molecule has 0 unspecified atom stereocenters. The number of aromatic nitrogens is 2. The third kappa shape index (κ3) is 2.22. The molecule has 2 N–H and O–H groups in total. The van der Waals surface area contributed by atoms with E-state index >= 15 is 0 Å². The van der Waals surface area contributed by atoms with Crippen molar-refractivity contribution < 1.29 is 0 Å². The summed E-state index contributed by atoms with van der Waals surface area (Å²) in [6, 6.07) is 1.93. The Labute approximate surface area is 84.8 Å². The van der Waals surface area contributed by atoms with Gasteiger partial charge in [-0.05, 0) is 12.8 Å². The quantitative estimate of drug-likeness (QED) is 0.694. The molecule has 0 aliphatic heterocycles. The molecule has 2 rings (SSSR count). The fourth-order valence-electron chi connectivity index (χ4n) is 2.19. The standard InChI is InChI=1S/C11H17N3/c12-11-7-10(13-8-14-11)9-5-3-1-2-4-6-9/h7-9H,1-6H2,(H2,12,13,14). The third-order valence-electron chi connectivity index (χ3n) is 2.98. The Kier molecular flexibility index (Phi) is 2.96. The van der Waals surface area contributed by atoms with Crippen LogP contribution in [-0.4, -0.2) is 9.97 Å². The second-order valence-electron chi connectivity index (χ2n) is 4.06. The van der Waals surface area contributed by atoms with Crippen LogP contribution in [0, 0.1) is 0 Å². The minimum atomic E-state index is 0.597. The van der Waals surface area contributed by atoms with Gasteiger partial charge in [-0.1, -0.05) is 25.7 Å². The largest absolute Gasteiger partial charge is 0.384 e. The molecule has 76 valence electrons. The predicted molar refractivity (Wildman–Crippen MR) is 56.9 cm³/mol. The lowest BCUT2D eigenvalue weighted by Gasteiger charge is -2.12. The number of nitrogens with zero attached hydrogens (tertiary/aromatic N) is 2. The fraction of sp³-hybridized carbons (Fsp3) is 0.636. The highest BCUT2D eigenvalue weighted by Crippen LogP contribution is 2.30. The van der Waals surface area contributed by atoms with Crippen LogP contribution in [0.3, 0.4) is 0 Å². The second kappa shape index (κ2) is 4.40. The van der Waals surface area contributed by atoms with E-state index in [-0.39, 0.29) is 0 Å². The lowest BCUT2D eigenvalue weighted by atomic mass is 9.96. The smallest absolute Gasteiger partial charge is 0.127 e. The van der Waals surface area contributed by atoms with Crippen LogP contribution in [0.25, 0.3) is 0 Å². The maximum absolute atomic E-state index is 5.65. The molecular formula is C11H17N3. The van der Waals surface area contributed by atoms with Crippen molar-refractivity contribution in [2.75, 3.05) is 5.73 Å². The number of nitrogens with two attached hydrogens (primary N) is 1. The van der Waals surface area contributed by atoms with Gasteiger partial charge in [0, 0.05) is 17.7 Å². The van der Waals surface area contributed by atoms with Crippen molar-refractivity contribution in [2.24, 2.45) is 0 Å². The van der Waals surface area contributed by atoms with Crippen LogP contribution >= 0.6 is 0 Å². The summed E-state index contributed by atoms with van der Waals surface area (Å²) in [6.45, 7) is 0. The second-order valence-corrected chi connectivity index (χ2v) is 4.06. The zero-order valence-electron chi connectivity index (χ0n) is 8.45. The van der Waals surface area contributed by atoms with Crippen molar-refractivity contribution in [1.82, 2.24) is 9.97 Å². The van der Waals surface area contributed by atoms with E-state index in [9.17, 15) is 0 Å². The molecule has 0 aromatic carbocycles. The summed E-state index contributed by atoms with van der Waals surface area (Å²) in [5.41, 5.74) is 6.79. The third-order valence-corrected chi connectivity index (χ3v) is 2.98. The number of nitrogen functional groups attached to an aromatic ring is 1. The minimum absolute atomic E-state index is 0.597. The zero-order valence-corrected chi connectivity index (χ0v) is 8.45. The van der Waals surface area contributed by atoms with Crippen LogP contribution in [0.5, 0.6) is 0 Å². The van der Waals surface area contributed by atoms with E-state index in [0.29, 0.717) is 11.7 Å². The molecule has 0 saturated heterocycles. The van der Waals surface area contributed by atoms with E-state index in [0.717, 1.165) is 5.69 Å². The zero-order chi connectivity index (χ0) is 9.80.